The van der Waals surface area contributed by atoms with Crippen molar-refractivity contribution in [1.82, 2.24) is 9.97 Å². The number of aromatic nitrogens is 2. The second kappa shape index (κ2) is 5.02. The summed E-state index contributed by atoms with van der Waals surface area (Å²) in [6.45, 7) is 0. The van der Waals surface area contributed by atoms with E-state index in [1.54, 1.807) is 0 Å². The Balaban J connectivity index is 2.44. The number of hydrogen-bond donors (Lipinski definition) is 2. The van der Waals surface area contributed by atoms with Crippen LogP contribution in [0.1, 0.15) is 0 Å². The van der Waals surface area contributed by atoms with Gasteiger partial charge in [0, 0.05) is 5.02 Å². The molecule has 1 aromatic carbocycles. The summed E-state index contributed by atoms with van der Waals surface area (Å²) in [6, 6.07) is 3.84. The second-order valence-electron chi connectivity index (χ2n) is 3.46. The van der Waals surface area contributed by atoms with Gasteiger partial charge in [0.2, 0.25) is 11.6 Å². The summed E-state index contributed by atoms with van der Waals surface area (Å²) < 4.78 is 13.6. The molecule has 0 amide bonds. The van der Waals surface area contributed by atoms with Gasteiger partial charge in [-0.1, -0.05) is 11.6 Å². The standard InChI is InChI=1S/C10H7ClFN5O2/c11-5-1-2-7(6(12)3-5)16-10-8(17(18)19)9(13)14-4-15-10/h1-4H,(H3,13,14,15,16). The highest BCUT2D eigenvalue weighted by Crippen LogP contribution is 2.30. The molecule has 0 aliphatic rings. The molecule has 0 aliphatic carbocycles. The maximum atomic E-state index is 13.6. The summed E-state index contributed by atoms with van der Waals surface area (Å²) in [7, 11) is 0. The lowest BCUT2D eigenvalue weighted by molar-refractivity contribution is -0.383. The summed E-state index contributed by atoms with van der Waals surface area (Å²) in [4.78, 5) is 17.3. The summed E-state index contributed by atoms with van der Waals surface area (Å²) in [5.41, 5.74) is 4.86. The van der Waals surface area contributed by atoms with Crippen LogP contribution in [0.5, 0.6) is 0 Å². The third-order valence-corrected chi connectivity index (χ3v) is 2.45. The van der Waals surface area contributed by atoms with Crippen LogP contribution in [0.15, 0.2) is 24.5 Å². The van der Waals surface area contributed by atoms with Crippen LogP contribution < -0.4 is 11.1 Å². The molecule has 0 saturated carbocycles. The molecule has 98 valence electrons. The first-order chi connectivity index (χ1) is 8.99. The Kier molecular flexibility index (Phi) is 3.43. The van der Waals surface area contributed by atoms with Crippen LogP contribution in [-0.4, -0.2) is 14.9 Å². The predicted octanol–water partition coefficient (Wildman–Crippen LogP) is 2.50. The molecule has 0 atom stereocenters. The van der Waals surface area contributed by atoms with E-state index in [4.69, 9.17) is 17.3 Å². The number of hydrogen-bond acceptors (Lipinski definition) is 6. The Bertz CT molecular complexity index is 652. The van der Waals surface area contributed by atoms with Crippen LogP contribution in [0.25, 0.3) is 0 Å². The molecule has 0 bridgehead atoms. The SMILES string of the molecule is Nc1ncnc(Nc2ccc(Cl)cc2F)c1[N+](=O)[O-]. The van der Waals surface area contributed by atoms with Gasteiger partial charge in [0.25, 0.3) is 0 Å². The van der Waals surface area contributed by atoms with Gasteiger partial charge in [-0.2, -0.15) is 0 Å². The number of benzene rings is 1. The molecule has 2 aromatic rings. The Morgan fingerprint density at radius 2 is 2.16 bits per heavy atom. The molecule has 3 N–H and O–H groups in total. The third kappa shape index (κ3) is 2.68. The molecule has 2 rings (SSSR count). The van der Waals surface area contributed by atoms with Crippen molar-refractivity contribution in [2.45, 2.75) is 0 Å². The lowest BCUT2D eigenvalue weighted by Gasteiger charge is -2.07. The fourth-order valence-electron chi connectivity index (χ4n) is 1.38. The molecule has 0 radical (unpaired) electrons. The first kappa shape index (κ1) is 13.0. The van der Waals surface area contributed by atoms with Crippen LogP contribution >= 0.6 is 11.6 Å². The Labute approximate surface area is 111 Å². The number of nitrogens with zero attached hydrogens (tertiary/aromatic N) is 3. The highest BCUT2D eigenvalue weighted by atomic mass is 35.5. The quantitative estimate of drug-likeness (QED) is 0.662. The molecular weight excluding hydrogens is 277 g/mol. The van der Waals surface area contributed by atoms with E-state index in [1.165, 1.54) is 12.1 Å². The van der Waals surface area contributed by atoms with E-state index in [0.29, 0.717) is 0 Å². The Morgan fingerprint density at radius 1 is 1.42 bits per heavy atom. The van der Waals surface area contributed by atoms with E-state index in [-0.39, 0.29) is 22.3 Å². The van der Waals surface area contributed by atoms with Crippen LogP contribution in [0, 0.1) is 15.9 Å². The number of halogens is 2. The number of nitrogens with one attached hydrogen (secondary N) is 1. The maximum absolute atomic E-state index is 13.6. The van der Waals surface area contributed by atoms with E-state index >= 15 is 0 Å². The molecule has 0 spiro atoms. The van der Waals surface area contributed by atoms with Crippen molar-refractivity contribution in [1.29, 1.82) is 0 Å². The summed E-state index contributed by atoms with van der Waals surface area (Å²) in [6.07, 6.45) is 1.04. The smallest absolute Gasteiger partial charge is 0.353 e. The van der Waals surface area contributed by atoms with Crippen molar-refractivity contribution >= 4 is 34.6 Å². The van der Waals surface area contributed by atoms with Crippen molar-refractivity contribution in [3.05, 3.63) is 45.5 Å². The zero-order chi connectivity index (χ0) is 14.0. The number of rotatable bonds is 3. The topological polar surface area (TPSA) is 107 Å². The normalized spacial score (nSPS) is 10.2. The Morgan fingerprint density at radius 3 is 2.79 bits per heavy atom. The fraction of sp³-hybridized carbons (Fsp3) is 0. The minimum absolute atomic E-state index is 0.00870. The van der Waals surface area contributed by atoms with E-state index in [9.17, 15) is 14.5 Å². The average Bonchev–Trinajstić information content (AvgIpc) is 2.32. The van der Waals surface area contributed by atoms with E-state index < -0.39 is 16.4 Å². The largest absolute Gasteiger partial charge is 0.378 e. The lowest BCUT2D eigenvalue weighted by atomic mass is 10.3. The second-order valence-corrected chi connectivity index (χ2v) is 3.90. The van der Waals surface area contributed by atoms with Gasteiger partial charge >= 0.3 is 5.69 Å². The van der Waals surface area contributed by atoms with E-state index in [2.05, 4.69) is 15.3 Å². The van der Waals surface area contributed by atoms with Crippen LogP contribution in [0.3, 0.4) is 0 Å². The molecule has 0 fully saturated rings. The average molecular weight is 284 g/mol. The number of nitrogen functional groups attached to an aromatic ring is 1. The molecule has 0 unspecified atom stereocenters. The zero-order valence-corrected chi connectivity index (χ0v) is 10.1. The van der Waals surface area contributed by atoms with Crippen molar-refractivity contribution in [3.63, 3.8) is 0 Å². The first-order valence-corrected chi connectivity index (χ1v) is 5.34. The highest BCUT2D eigenvalue weighted by molar-refractivity contribution is 6.30. The fourth-order valence-corrected chi connectivity index (χ4v) is 1.54. The van der Waals surface area contributed by atoms with Crippen molar-refractivity contribution in [2.24, 2.45) is 0 Å². The molecule has 7 nitrogen and oxygen atoms in total. The minimum Gasteiger partial charge on any atom is -0.378 e. The maximum Gasteiger partial charge on any atom is 0.353 e. The van der Waals surface area contributed by atoms with Crippen molar-refractivity contribution in [3.8, 4) is 0 Å². The molecule has 0 aliphatic heterocycles. The van der Waals surface area contributed by atoms with Gasteiger partial charge in [0.05, 0.1) is 10.6 Å². The highest BCUT2D eigenvalue weighted by Gasteiger charge is 2.21. The molecule has 0 saturated heterocycles. The van der Waals surface area contributed by atoms with E-state index in [1.807, 2.05) is 0 Å². The van der Waals surface area contributed by atoms with Crippen LogP contribution in [0.4, 0.5) is 27.4 Å². The number of anilines is 3. The summed E-state index contributed by atoms with van der Waals surface area (Å²) in [5.74, 6) is -1.17. The first-order valence-electron chi connectivity index (χ1n) is 4.96. The Hall–Kier alpha value is -2.48. The number of nitrogens with two attached hydrogens (primary N) is 1. The van der Waals surface area contributed by atoms with Crippen molar-refractivity contribution < 1.29 is 9.31 Å². The summed E-state index contributed by atoms with van der Waals surface area (Å²) >= 11 is 5.61. The van der Waals surface area contributed by atoms with Crippen LogP contribution in [-0.2, 0) is 0 Å². The number of nitro groups is 1. The predicted molar refractivity (Wildman–Crippen MR) is 67.8 cm³/mol. The molecule has 19 heavy (non-hydrogen) atoms. The molecular formula is C10H7ClFN5O2. The van der Waals surface area contributed by atoms with Gasteiger partial charge in [-0.05, 0) is 18.2 Å². The monoisotopic (exact) mass is 283 g/mol. The van der Waals surface area contributed by atoms with Crippen molar-refractivity contribution in [2.75, 3.05) is 11.1 Å². The zero-order valence-electron chi connectivity index (χ0n) is 9.30. The van der Waals surface area contributed by atoms with Gasteiger partial charge < -0.3 is 11.1 Å². The van der Waals surface area contributed by atoms with Crippen LogP contribution in [0.2, 0.25) is 5.02 Å². The van der Waals surface area contributed by atoms with Gasteiger partial charge in [-0.15, -0.1) is 0 Å². The lowest BCUT2D eigenvalue weighted by Crippen LogP contribution is -2.05. The van der Waals surface area contributed by atoms with Gasteiger partial charge in [0.15, 0.2) is 0 Å². The van der Waals surface area contributed by atoms with Gasteiger partial charge in [-0.25, -0.2) is 14.4 Å². The summed E-state index contributed by atoms with van der Waals surface area (Å²) in [5, 5.41) is 13.6. The van der Waals surface area contributed by atoms with Gasteiger partial charge in [-0.3, -0.25) is 10.1 Å². The molecule has 1 aromatic heterocycles. The van der Waals surface area contributed by atoms with E-state index in [0.717, 1.165) is 12.4 Å². The van der Waals surface area contributed by atoms with Gasteiger partial charge in [0.1, 0.15) is 12.1 Å². The molecule has 1 heterocycles. The third-order valence-electron chi connectivity index (χ3n) is 2.22. The minimum atomic E-state index is -0.745. The molecule has 9 heteroatoms.